The van der Waals surface area contributed by atoms with Gasteiger partial charge in [-0.3, -0.25) is 0 Å². The summed E-state index contributed by atoms with van der Waals surface area (Å²) in [6, 6.07) is 0. The Hall–Kier alpha value is -0.640. The Morgan fingerprint density at radius 1 is 0.816 bits per heavy atom. The van der Waals surface area contributed by atoms with Gasteiger partial charge in [-0.25, -0.2) is 0 Å². The van der Waals surface area contributed by atoms with Gasteiger partial charge in [0, 0.05) is 23.8 Å². The zero-order chi connectivity index (χ0) is 36.9. The number of ether oxygens (including phenoxy) is 4. The molecule has 49 heavy (non-hydrogen) atoms. The Morgan fingerprint density at radius 3 is 1.96 bits per heavy atom. The van der Waals surface area contributed by atoms with Crippen LogP contribution in [-0.2, 0) is 18.9 Å². The minimum atomic E-state index is -1.75. The number of nitrogens with two attached hydrogens (primary N) is 1. The number of rotatable bonds is 23. The quantitative estimate of drug-likeness (QED) is 0.0465. The summed E-state index contributed by atoms with van der Waals surface area (Å²) in [5, 5.41) is 111. The van der Waals surface area contributed by atoms with E-state index in [0.29, 0.717) is 32.4 Å². The van der Waals surface area contributed by atoms with Crippen LogP contribution in [0.25, 0.3) is 0 Å². The standard InChI is InChI=1S/C33H66N2O14/c1-5-18(6-2)23-21(16-38)48-32(30(26(23)43)46-13-12-36)49-29-22(17-39)47-31(28(45)27(29)44)33(7-3,8-4)24(20(41)15-37)25(42)19(40)14-35-11-9-10-34/h18-32,35-45H,5-17,34H2,1-4H3/t19-,20+,21+,22+,23+,24+,25+,26-,27+,28+,29+,30+,31-,32+/m0/s1. The molecule has 0 spiro atoms. The second kappa shape index (κ2) is 21.8. The number of hydrogen-bond donors (Lipinski definition) is 12. The molecule has 0 radical (unpaired) electrons. The first-order valence-corrected chi connectivity index (χ1v) is 17.9. The van der Waals surface area contributed by atoms with E-state index in [2.05, 4.69) is 5.32 Å². The van der Waals surface area contributed by atoms with Crippen molar-refractivity contribution in [2.45, 2.75) is 133 Å². The van der Waals surface area contributed by atoms with Crippen LogP contribution in [0.5, 0.6) is 0 Å². The molecule has 0 aromatic rings. The molecule has 2 heterocycles. The highest BCUT2D eigenvalue weighted by molar-refractivity contribution is 5.07. The highest BCUT2D eigenvalue weighted by atomic mass is 16.7. The van der Waals surface area contributed by atoms with E-state index in [1.54, 1.807) is 13.8 Å². The molecule has 292 valence electrons. The molecule has 13 N–H and O–H groups in total. The number of nitrogens with one attached hydrogen (secondary N) is 1. The Kier molecular flexibility index (Phi) is 19.8. The normalized spacial score (nSPS) is 33.8. The Morgan fingerprint density at radius 2 is 1.45 bits per heavy atom. The topological polar surface area (TPSA) is 277 Å². The first-order chi connectivity index (χ1) is 23.4. The van der Waals surface area contributed by atoms with E-state index in [0.717, 1.165) is 0 Å². The average Bonchev–Trinajstić information content (AvgIpc) is 3.11. The third-order valence-electron chi connectivity index (χ3n) is 10.9. The van der Waals surface area contributed by atoms with Crippen molar-refractivity contribution in [3.8, 4) is 0 Å². The zero-order valence-corrected chi connectivity index (χ0v) is 29.5. The highest BCUT2D eigenvalue weighted by Gasteiger charge is 2.59. The molecule has 0 amide bonds. The van der Waals surface area contributed by atoms with Crippen LogP contribution in [0.2, 0.25) is 0 Å². The number of aliphatic hydroxyl groups is 10. The van der Waals surface area contributed by atoms with Crippen LogP contribution in [0.15, 0.2) is 0 Å². The van der Waals surface area contributed by atoms with Gasteiger partial charge in [-0.15, -0.1) is 0 Å². The van der Waals surface area contributed by atoms with Crippen LogP contribution in [0.1, 0.15) is 59.8 Å². The van der Waals surface area contributed by atoms with Crippen molar-refractivity contribution in [1.29, 1.82) is 0 Å². The van der Waals surface area contributed by atoms with Gasteiger partial charge in [0.25, 0.3) is 0 Å². The summed E-state index contributed by atoms with van der Waals surface area (Å²) in [5.74, 6) is -1.84. The van der Waals surface area contributed by atoms with Crippen LogP contribution in [0.3, 0.4) is 0 Å². The van der Waals surface area contributed by atoms with Gasteiger partial charge in [0.15, 0.2) is 6.29 Å². The second-order valence-corrected chi connectivity index (χ2v) is 13.4. The van der Waals surface area contributed by atoms with Crippen molar-refractivity contribution >= 4 is 0 Å². The van der Waals surface area contributed by atoms with Crippen molar-refractivity contribution < 1.29 is 70.0 Å². The Labute approximate surface area is 290 Å². The number of aliphatic hydroxyl groups excluding tert-OH is 10. The molecule has 0 aromatic carbocycles. The molecule has 2 fully saturated rings. The largest absolute Gasteiger partial charge is 0.394 e. The minimum absolute atomic E-state index is 0.0429. The summed E-state index contributed by atoms with van der Waals surface area (Å²) in [4.78, 5) is 0. The maximum Gasteiger partial charge on any atom is 0.187 e. The molecular weight excluding hydrogens is 648 g/mol. The van der Waals surface area contributed by atoms with E-state index >= 15 is 0 Å². The molecule has 2 rings (SSSR count). The lowest BCUT2D eigenvalue weighted by atomic mass is 9.60. The second-order valence-electron chi connectivity index (χ2n) is 13.4. The molecule has 0 bridgehead atoms. The summed E-state index contributed by atoms with van der Waals surface area (Å²) in [6.07, 6.45) is -14.5. The molecule has 0 saturated carbocycles. The van der Waals surface area contributed by atoms with Crippen LogP contribution in [0, 0.1) is 23.2 Å². The maximum absolute atomic E-state index is 11.7. The van der Waals surface area contributed by atoms with Gasteiger partial charge < -0.3 is 81.1 Å². The van der Waals surface area contributed by atoms with Crippen molar-refractivity contribution in [1.82, 2.24) is 5.32 Å². The van der Waals surface area contributed by atoms with Crippen LogP contribution in [-0.4, -0.2) is 177 Å². The first kappa shape index (κ1) is 44.5. The third-order valence-corrected chi connectivity index (χ3v) is 10.9. The Balaban J connectivity index is 2.46. The smallest absolute Gasteiger partial charge is 0.187 e. The van der Waals surface area contributed by atoms with E-state index in [4.69, 9.17) is 24.7 Å². The Bertz CT molecular complexity index is 884. The van der Waals surface area contributed by atoms with Gasteiger partial charge in [0.05, 0.1) is 69.7 Å². The van der Waals surface area contributed by atoms with Crippen molar-refractivity contribution in [3.05, 3.63) is 0 Å². The van der Waals surface area contributed by atoms with Gasteiger partial charge in [-0.05, 0) is 38.3 Å². The van der Waals surface area contributed by atoms with E-state index in [-0.39, 0.29) is 38.5 Å². The average molecular weight is 715 g/mol. The van der Waals surface area contributed by atoms with Crippen LogP contribution < -0.4 is 11.1 Å². The molecule has 2 aliphatic heterocycles. The zero-order valence-electron chi connectivity index (χ0n) is 29.5. The van der Waals surface area contributed by atoms with Gasteiger partial charge in [0.2, 0.25) is 0 Å². The van der Waals surface area contributed by atoms with Crippen LogP contribution >= 0.6 is 0 Å². The molecule has 0 aromatic heterocycles. The SMILES string of the molecule is CCC(CC)[C@H]1[C@H](O)[C@@H](OCCO)[C@@H](O[C@H]2[C@H](O)[C@@H](O)[C@@H](C(CC)(CC)[C@@H]([C@H](O)[C@@H](O)CNCCCN)[C@H](O)CO)O[C@@H]2CO)O[C@@H]1CO. The first-order valence-electron chi connectivity index (χ1n) is 17.9. The molecule has 0 unspecified atom stereocenters. The van der Waals surface area contributed by atoms with Gasteiger partial charge in [0.1, 0.15) is 30.5 Å². The van der Waals surface area contributed by atoms with E-state index in [1.807, 2.05) is 13.8 Å². The lowest BCUT2D eigenvalue weighted by molar-refractivity contribution is -0.353. The van der Waals surface area contributed by atoms with E-state index < -0.39 is 111 Å². The fourth-order valence-electron chi connectivity index (χ4n) is 8.10. The lowest BCUT2D eigenvalue weighted by Gasteiger charge is -2.55. The van der Waals surface area contributed by atoms with Crippen molar-refractivity contribution in [3.63, 3.8) is 0 Å². The fourth-order valence-corrected chi connectivity index (χ4v) is 8.10. The monoisotopic (exact) mass is 714 g/mol. The summed E-state index contributed by atoms with van der Waals surface area (Å²) in [7, 11) is 0. The number of hydrogen-bond acceptors (Lipinski definition) is 16. The van der Waals surface area contributed by atoms with Gasteiger partial charge in [-0.1, -0.05) is 40.5 Å². The van der Waals surface area contributed by atoms with Gasteiger partial charge in [-0.2, -0.15) is 0 Å². The van der Waals surface area contributed by atoms with Crippen molar-refractivity contribution in [2.75, 3.05) is 52.7 Å². The minimum Gasteiger partial charge on any atom is -0.394 e. The van der Waals surface area contributed by atoms with E-state index in [9.17, 15) is 51.1 Å². The molecule has 16 nitrogen and oxygen atoms in total. The molecule has 16 heteroatoms. The molecule has 0 aliphatic carbocycles. The van der Waals surface area contributed by atoms with Crippen molar-refractivity contribution in [2.24, 2.45) is 28.9 Å². The predicted octanol–water partition coefficient (Wildman–Crippen LogP) is -3.20. The highest BCUT2D eigenvalue weighted by Crippen LogP contribution is 2.49. The predicted molar refractivity (Wildman–Crippen MR) is 177 cm³/mol. The summed E-state index contributed by atoms with van der Waals surface area (Å²) < 4.78 is 24.3. The fraction of sp³-hybridized carbons (Fsp3) is 1.00. The van der Waals surface area contributed by atoms with Gasteiger partial charge >= 0.3 is 0 Å². The molecular formula is C33H66N2O14. The summed E-state index contributed by atoms with van der Waals surface area (Å²) in [5.41, 5.74) is 4.17. The molecule has 14 atom stereocenters. The summed E-state index contributed by atoms with van der Waals surface area (Å²) in [6.45, 7) is 5.72. The summed E-state index contributed by atoms with van der Waals surface area (Å²) >= 11 is 0. The third kappa shape index (κ3) is 10.3. The lowest BCUT2D eigenvalue weighted by Crippen LogP contribution is -2.68. The van der Waals surface area contributed by atoms with Crippen LogP contribution in [0.4, 0.5) is 0 Å². The van der Waals surface area contributed by atoms with E-state index in [1.165, 1.54) is 0 Å². The maximum atomic E-state index is 11.7. The molecule has 2 saturated heterocycles. The molecule has 2 aliphatic rings.